The molecule has 2 aliphatic carbocycles. The fourth-order valence-corrected chi connectivity index (χ4v) is 5.98. The third-order valence-corrected chi connectivity index (χ3v) is 7.66. The van der Waals surface area contributed by atoms with Crippen LogP contribution in [-0.4, -0.2) is 39.9 Å². The van der Waals surface area contributed by atoms with E-state index < -0.39 is 22.3 Å². The van der Waals surface area contributed by atoms with Gasteiger partial charge in [0.05, 0.1) is 11.2 Å². The first-order valence-corrected chi connectivity index (χ1v) is 10.2. The highest BCUT2D eigenvalue weighted by Crippen LogP contribution is 2.56. The average Bonchev–Trinajstić information content (AvgIpc) is 2.98. The van der Waals surface area contributed by atoms with E-state index in [4.69, 9.17) is 11.3 Å². The van der Waals surface area contributed by atoms with E-state index in [0.29, 0.717) is 0 Å². The number of carbonyl (C=O) groups excluding carboxylic acids is 1. The predicted molar refractivity (Wildman–Crippen MR) is 105 cm³/mol. The molecule has 1 saturated heterocycles. The van der Waals surface area contributed by atoms with E-state index in [1.54, 1.807) is 0 Å². The number of nitrogens with one attached hydrogen (secondary N) is 1. The lowest BCUT2D eigenvalue weighted by atomic mass is 9.53. The lowest BCUT2D eigenvalue weighted by Gasteiger charge is -2.58. The minimum Gasteiger partial charge on any atom is -0.385 e. The van der Waals surface area contributed by atoms with Crippen molar-refractivity contribution in [3.63, 3.8) is 0 Å². The molecule has 5 heteroatoms. The summed E-state index contributed by atoms with van der Waals surface area (Å²) in [6.07, 6.45) is 7.81. The summed E-state index contributed by atoms with van der Waals surface area (Å²) >= 11 is 0. The summed E-state index contributed by atoms with van der Waals surface area (Å²) in [6.45, 7) is 17.6. The second kappa shape index (κ2) is 6.60. The summed E-state index contributed by atoms with van der Waals surface area (Å²) in [5.41, 5.74) is -1.23. The maximum Gasteiger partial charge on any atom is 0.252 e. The molecule has 3 rings (SSSR count). The van der Waals surface area contributed by atoms with Crippen molar-refractivity contribution in [2.45, 2.75) is 102 Å². The highest BCUT2D eigenvalue weighted by molar-refractivity contribution is 5.48. The number of fused-ring (bicyclic) bond motifs is 1. The normalized spacial score (nSPS) is 44.8. The Morgan fingerprint density at radius 2 is 2.00 bits per heavy atom. The minimum absolute atomic E-state index is 0.0361. The Bertz CT molecular complexity index is 682. The zero-order valence-electron chi connectivity index (χ0n) is 17.3. The molecule has 2 N–H and O–H groups in total. The Labute approximate surface area is 163 Å². The van der Waals surface area contributed by atoms with Crippen molar-refractivity contribution in [2.75, 3.05) is 0 Å². The van der Waals surface area contributed by atoms with Crippen LogP contribution >= 0.6 is 0 Å². The number of rotatable bonds is 4. The Balaban J connectivity index is 1.96. The van der Waals surface area contributed by atoms with Gasteiger partial charge in [0.1, 0.15) is 6.10 Å². The number of nitrogens with zero attached hydrogens (tertiary/aromatic N) is 1. The molecule has 1 heterocycles. The smallest absolute Gasteiger partial charge is 0.252 e. The number of carbonyl (C=O) groups is 1. The van der Waals surface area contributed by atoms with Crippen LogP contribution in [-0.2, 0) is 9.53 Å². The standard InChI is InChI=1S/C22H34N2O3/c1-15-7-8-16-20(4,24-14-25)11-9-17(22(16,26)13-15)21(5)12-10-18(27-21)19(2,3)23-6/h13-14,16-18,26H,7-12H2,1-5H3,(H,24,25)/t16-,17+,18-,20-,21+,22+/m1/s1. The van der Waals surface area contributed by atoms with E-state index in [9.17, 15) is 9.90 Å². The molecule has 0 aromatic rings. The van der Waals surface area contributed by atoms with Crippen LogP contribution in [0.3, 0.4) is 0 Å². The monoisotopic (exact) mass is 374 g/mol. The molecule has 5 nitrogen and oxygen atoms in total. The number of allylic oxidation sites excluding steroid dienone is 1. The first-order chi connectivity index (χ1) is 12.5. The fourth-order valence-electron chi connectivity index (χ4n) is 5.98. The summed E-state index contributed by atoms with van der Waals surface area (Å²) in [4.78, 5) is 15.0. The lowest BCUT2D eigenvalue weighted by Crippen LogP contribution is -2.67. The minimum atomic E-state index is -1.00. The van der Waals surface area contributed by atoms with Crippen molar-refractivity contribution in [3.8, 4) is 0 Å². The topological polar surface area (TPSA) is 62.9 Å². The van der Waals surface area contributed by atoms with E-state index in [1.807, 2.05) is 19.9 Å². The molecule has 0 unspecified atom stereocenters. The van der Waals surface area contributed by atoms with Crippen LogP contribution < -0.4 is 5.32 Å². The Morgan fingerprint density at radius 1 is 1.30 bits per heavy atom. The summed E-state index contributed by atoms with van der Waals surface area (Å²) < 4.78 is 6.53. The molecule has 0 aromatic heterocycles. The molecule has 1 amide bonds. The van der Waals surface area contributed by atoms with Crippen LogP contribution in [0.25, 0.3) is 4.85 Å². The van der Waals surface area contributed by atoms with Gasteiger partial charge in [-0.25, -0.2) is 6.57 Å². The summed E-state index contributed by atoms with van der Waals surface area (Å²) in [5, 5.41) is 15.0. The Morgan fingerprint density at radius 3 is 2.63 bits per heavy atom. The lowest BCUT2D eigenvalue weighted by molar-refractivity contribution is -0.184. The van der Waals surface area contributed by atoms with Crippen molar-refractivity contribution >= 4 is 6.41 Å². The van der Waals surface area contributed by atoms with Crippen molar-refractivity contribution in [1.29, 1.82) is 0 Å². The first-order valence-electron chi connectivity index (χ1n) is 10.2. The molecule has 27 heavy (non-hydrogen) atoms. The van der Waals surface area contributed by atoms with E-state index in [-0.39, 0.29) is 17.9 Å². The van der Waals surface area contributed by atoms with Gasteiger partial charge in [0.15, 0.2) is 0 Å². The Hall–Kier alpha value is -1.38. The number of ether oxygens (including phenoxy) is 1. The Kier molecular flexibility index (Phi) is 4.98. The van der Waals surface area contributed by atoms with Gasteiger partial charge in [-0.3, -0.25) is 4.79 Å². The summed E-state index contributed by atoms with van der Waals surface area (Å²) in [5.74, 6) is -0.0793. The van der Waals surface area contributed by atoms with Gasteiger partial charge in [-0.2, -0.15) is 0 Å². The number of hydrogen-bond donors (Lipinski definition) is 2. The van der Waals surface area contributed by atoms with Crippen LogP contribution in [0, 0.1) is 18.4 Å². The maximum absolute atomic E-state index is 12.0. The quantitative estimate of drug-likeness (QED) is 0.449. The second-order valence-electron chi connectivity index (χ2n) is 9.96. The number of aliphatic hydroxyl groups is 1. The molecule has 6 atom stereocenters. The van der Waals surface area contributed by atoms with Gasteiger partial charge < -0.3 is 20.0 Å². The molecule has 0 radical (unpaired) electrons. The van der Waals surface area contributed by atoms with Gasteiger partial charge >= 0.3 is 0 Å². The van der Waals surface area contributed by atoms with E-state index in [1.165, 1.54) is 5.57 Å². The van der Waals surface area contributed by atoms with Gasteiger partial charge in [0, 0.05) is 31.2 Å². The third kappa shape index (κ3) is 3.21. The highest BCUT2D eigenvalue weighted by atomic mass is 16.5. The van der Waals surface area contributed by atoms with Gasteiger partial charge in [-0.15, -0.1) is 0 Å². The van der Waals surface area contributed by atoms with Gasteiger partial charge in [0.2, 0.25) is 6.41 Å². The van der Waals surface area contributed by atoms with E-state index in [2.05, 4.69) is 30.9 Å². The predicted octanol–water partition coefficient (Wildman–Crippen LogP) is 3.62. The largest absolute Gasteiger partial charge is 0.385 e. The van der Waals surface area contributed by atoms with Crippen molar-refractivity contribution in [3.05, 3.63) is 23.1 Å². The molecule has 2 fully saturated rings. The van der Waals surface area contributed by atoms with Gasteiger partial charge in [0.25, 0.3) is 5.54 Å². The fraction of sp³-hybridized carbons (Fsp3) is 0.818. The average molecular weight is 375 g/mol. The van der Waals surface area contributed by atoms with Crippen LogP contribution in [0.5, 0.6) is 0 Å². The number of amides is 1. The zero-order chi connectivity index (χ0) is 20.1. The van der Waals surface area contributed by atoms with Crippen molar-refractivity contribution in [1.82, 2.24) is 5.32 Å². The summed E-state index contributed by atoms with van der Waals surface area (Å²) in [6, 6.07) is 0. The SMILES string of the molecule is [C-]#[N+]C(C)(C)[C@H]1CC[C@@](C)([C@@H]2CC[C@@](C)(NC=O)[C@H]3CCC(C)=C[C@@]23O)O1. The third-order valence-electron chi connectivity index (χ3n) is 7.66. The number of hydrogen-bond acceptors (Lipinski definition) is 3. The van der Waals surface area contributed by atoms with E-state index in [0.717, 1.165) is 44.9 Å². The molecule has 1 aliphatic heterocycles. The van der Waals surface area contributed by atoms with Crippen LogP contribution in [0.15, 0.2) is 11.6 Å². The molecule has 150 valence electrons. The van der Waals surface area contributed by atoms with Crippen LogP contribution in [0.2, 0.25) is 0 Å². The second-order valence-corrected chi connectivity index (χ2v) is 9.96. The van der Waals surface area contributed by atoms with Gasteiger partial charge in [-0.1, -0.05) is 11.6 Å². The molecule has 0 aromatic carbocycles. The molecule has 0 spiro atoms. The van der Waals surface area contributed by atoms with Crippen LogP contribution in [0.4, 0.5) is 0 Å². The first kappa shape index (κ1) is 20.4. The summed E-state index contributed by atoms with van der Waals surface area (Å²) in [7, 11) is 0. The zero-order valence-corrected chi connectivity index (χ0v) is 17.3. The maximum atomic E-state index is 12.0. The molecule has 3 aliphatic rings. The van der Waals surface area contributed by atoms with Crippen LogP contribution in [0.1, 0.15) is 73.1 Å². The van der Waals surface area contributed by atoms with Crippen molar-refractivity contribution < 1.29 is 14.6 Å². The molecule has 0 bridgehead atoms. The molecular weight excluding hydrogens is 340 g/mol. The highest BCUT2D eigenvalue weighted by Gasteiger charge is 2.62. The van der Waals surface area contributed by atoms with E-state index >= 15 is 0 Å². The molecular formula is C22H34N2O3. The molecule has 1 saturated carbocycles. The van der Waals surface area contributed by atoms with Gasteiger partial charge in [-0.05, 0) is 59.3 Å². The van der Waals surface area contributed by atoms with Crippen molar-refractivity contribution in [2.24, 2.45) is 11.8 Å².